The van der Waals surface area contributed by atoms with Crippen molar-refractivity contribution in [2.24, 2.45) is 21.7 Å². The topological polar surface area (TPSA) is 26.3 Å². The minimum atomic E-state index is -0.312. The molecular weight excluding hydrogens is 320 g/mol. The molecule has 0 heterocycles. The summed E-state index contributed by atoms with van der Waals surface area (Å²) >= 11 is 0. The summed E-state index contributed by atoms with van der Waals surface area (Å²) in [5.74, 6) is -0.312. The van der Waals surface area contributed by atoms with Crippen molar-refractivity contribution in [3.63, 3.8) is 0 Å². The minimum absolute atomic E-state index is 0.262. The molecule has 0 saturated heterocycles. The lowest BCUT2D eigenvalue weighted by Crippen LogP contribution is -2.54. The number of esters is 1. The molecule has 0 aliphatic carbocycles. The zero-order valence-electron chi connectivity index (χ0n) is 19.3. The first kappa shape index (κ1) is 25.2. The van der Waals surface area contributed by atoms with Crippen LogP contribution in [-0.4, -0.2) is 12.6 Å². The van der Waals surface area contributed by atoms with Crippen LogP contribution in [0.1, 0.15) is 107 Å². The maximum absolute atomic E-state index is 11.0. The van der Waals surface area contributed by atoms with Crippen molar-refractivity contribution in [1.82, 2.24) is 0 Å². The van der Waals surface area contributed by atoms with Gasteiger partial charge in [-0.25, -0.2) is 4.79 Å². The molecule has 0 aromatic heterocycles. The van der Waals surface area contributed by atoms with Crippen molar-refractivity contribution in [3.05, 3.63) is 12.7 Å². The highest BCUT2D eigenvalue weighted by atomic mass is 16.5. The fraction of sp³-hybridized carbons (Fsp3) is 0.875. The Kier molecular flexibility index (Phi) is 9.64. The van der Waals surface area contributed by atoms with Crippen LogP contribution in [0.15, 0.2) is 12.7 Å². The number of ether oxygens (including phenoxy) is 1. The zero-order valence-corrected chi connectivity index (χ0v) is 19.3. The van der Waals surface area contributed by atoms with E-state index in [1.807, 2.05) is 0 Å². The molecule has 0 radical (unpaired) electrons. The Morgan fingerprint density at radius 1 is 0.731 bits per heavy atom. The summed E-state index contributed by atoms with van der Waals surface area (Å²) in [5, 5.41) is 0. The molecule has 0 aliphatic rings. The maximum Gasteiger partial charge on any atom is 0.330 e. The first-order valence-electron chi connectivity index (χ1n) is 10.5. The highest BCUT2D eigenvalue weighted by molar-refractivity contribution is 5.81. The second kappa shape index (κ2) is 9.95. The van der Waals surface area contributed by atoms with Crippen molar-refractivity contribution >= 4 is 5.97 Å². The highest BCUT2D eigenvalue weighted by Crippen LogP contribution is 2.63. The number of carbonyl (C=O) groups is 1. The maximum atomic E-state index is 11.0. The predicted molar refractivity (Wildman–Crippen MR) is 114 cm³/mol. The van der Waals surface area contributed by atoms with E-state index in [1.165, 1.54) is 38.2 Å². The van der Waals surface area contributed by atoms with Gasteiger partial charge >= 0.3 is 5.97 Å². The van der Waals surface area contributed by atoms with Crippen LogP contribution in [-0.2, 0) is 9.53 Å². The minimum Gasteiger partial charge on any atom is -0.463 e. The Hall–Kier alpha value is -0.790. The smallest absolute Gasteiger partial charge is 0.330 e. The molecule has 2 heteroatoms. The molecule has 26 heavy (non-hydrogen) atoms. The normalized spacial score (nSPS) is 13.6. The van der Waals surface area contributed by atoms with Crippen molar-refractivity contribution in [3.8, 4) is 0 Å². The number of hydrogen-bond donors (Lipinski definition) is 0. The summed E-state index contributed by atoms with van der Waals surface area (Å²) in [6.07, 6.45) is 9.66. The van der Waals surface area contributed by atoms with Gasteiger partial charge in [0.25, 0.3) is 0 Å². The quantitative estimate of drug-likeness (QED) is 0.226. The Labute approximate surface area is 164 Å². The van der Waals surface area contributed by atoms with Crippen molar-refractivity contribution < 1.29 is 9.53 Å². The third-order valence-electron chi connectivity index (χ3n) is 6.20. The predicted octanol–water partition coefficient (Wildman–Crippen LogP) is 7.57. The van der Waals surface area contributed by atoms with E-state index in [2.05, 4.69) is 68.9 Å². The molecule has 0 atom stereocenters. The second-order valence-corrected chi connectivity index (χ2v) is 10.9. The molecule has 2 nitrogen and oxygen atoms in total. The van der Waals surface area contributed by atoms with Gasteiger partial charge < -0.3 is 4.74 Å². The number of unbranched alkanes of at least 4 members (excludes halogenated alkanes) is 5. The van der Waals surface area contributed by atoms with Crippen LogP contribution in [0, 0.1) is 21.7 Å². The van der Waals surface area contributed by atoms with Gasteiger partial charge in [-0.2, -0.15) is 0 Å². The van der Waals surface area contributed by atoms with Gasteiger partial charge in [0, 0.05) is 6.08 Å². The molecule has 0 saturated carbocycles. The Balaban J connectivity index is 4.50. The van der Waals surface area contributed by atoms with E-state index in [0.29, 0.717) is 6.61 Å². The molecule has 0 unspecified atom stereocenters. The zero-order chi connectivity index (χ0) is 20.6. The van der Waals surface area contributed by atoms with Crippen LogP contribution in [0.4, 0.5) is 0 Å². The molecule has 0 aromatic rings. The van der Waals surface area contributed by atoms with Gasteiger partial charge in [-0.3, -0.25) is 0 Å². The monoisotopic (exact) mass is 366 g/mol. The SMILES string of the molecule is C=CC(=O)OCCCCCCCCC(C(C)(C)C)(C(C)(C)C)C(C)(C)C. The molecule has 154 valence electrons. The van der Waals surface area contributed by atoms with Crippen LogP contribution in [0.25, 0.3) is 0 Å². The lowest BCUT2D eigenvalue weighted by molar-refractivity contribution is -0.137. The lowest BCUT2D eigenvalue weighted by Gasteiger charge is -2.62. The van der Waals surface area contributed by atoms with Crippen LogP contribution >= 0.6 is 0 Å². The van der Waals surface area contributed by atoms with Gasteiger partial charge in [-0.05, 0) is 34.5 Å². The molecule has 0 amide bonds. The van der Waals surface area contributed by atoms with E-state index in [0.717, 1.165) is 12.8 Å². The lowest BCUT2D eigenvalue weighted by atomic mass is 9.43. The van der Waals surface area contributed by atoms with Crippen LogP contribution in [0.3, 0.4) is 0 Å². The van der Waals surface area contributed by atoms with Crippen molar-refractivity contribution in [2.75, 3.05) is 6.61 Å². The third-order valence-corrected chi connectivity index (χ3v) is 6.20. The Morgan fingerprint density at radius 3 is 1.50 bits per heavy atom. The number of rotatable bonds is 10. The molecule has 0 N–H and O–H groups in total. The van der Waals surface area contributed by atoms with Crippen LogP contribution in [0.2, 0.25) is 0 Å². The summed E-state index contributed by atoms with van der Waals surface area (Å²) in [5.41, 5.74) is 1.07. The molecule has 0 bridgehead atoms. The average Bonchev–Trinajstić information content (AvgIpc) is 2.44. The molecule has 0 rings (SSSR count). The standard InChI is InChI=1S/C24H46O2/c1-11-20(25)26-19-17-15-13-12-14-16-18-24(21(2,3)4,22(5,6)7)23(8,9)10/h11H,1,12-19H2,2-10H3. The van der Waals surface area contributed by atoms with Gasteiger partial charge in [0.05, 0.1) is 6.61 Å². The summed E-state index contributed by atoms with van der Waals surface area (Å²) in [6.45, 7) is 25.7. The summed E-state index contributed by atoms with van der Waals surface area (Å²) in [7, 11) is 0. The van der Waals surface area contributed by atoms with Gasteiger partial charge in [-0.15, -0.1) is 0 Å². The first-order valence-corrected chi connectivity index (χ1v) is 10.5. The van der Waals surface area contributed by atoms with E-state index >= 15 is 0 Å². The third kappa shape index (κ3) is 6.74. The molecule has 0 fully saturated rings. The highest BCUT2D eigenvalue weighted by Gasteiger charge is 2.56. The molecular formula is C24H46O2. The summed E-state index contributed by atoms with van der Waals surface area (Å²) in [4.78, 5) is 11.0. The summed E-state index contributed by atoms with van der Waals surface area (Å²) < 4.78 is 5.02. The van der Waals surface area contributed by atoms with E-state index in [9.17, 15) is 4.79 Å². The fourth-order valence-corrected chi connectivity index (χ4v) is 5.93. The van der Waals surface area contributed by atoms with Crippen LogP contribution in [0.5, 0.6) is 0 Å². The largest absolute Gasteiger partial charge is 0.463 e. The number of carbonyl (C=O) groups excluding carboxylic acids is 1. The van der Waals surface area contributed by atoms with Gasteiger partial charge in [0.1, 0.15) is 0 Å². The van der Waals surface area contributed by atoms with E-state index < -0.39 is 0 Å². The molecule has 0 aliphatic heterocycles. The Bertz CT molecular complexity index is 391. The van der Waals surface area contributed by atoms with Gasteiger partial charge in [0.2, 0.25) is 0 Å². The molecule has 0 aromatic carbocycles. The summed E-state index contributed by atoms with van der Waals surface area (Å²) in [6, 6.07) is 0. The number of hydrogen-bond acceptors (Lipinski definition) is 2. The fourth-order valence-electron chi connectivity index (χ4n) is 5.93. The van der Waals surface area contributed by atoms with Crippen LogP contribution < -0.4 is 0 Å². The van der Waals surface area contributed by atoms with Crippen molar-refractivity contribution in [2.45, 2.75) is 107 Å². The van der Waals surface area contributed by atoms with E-state index in [1.54, 1.807) is 0 Å². The van der Waals surface area contributed by atoms with Gasteiger partial charge in [0.15, 0.2) is 0 Å². The average molecular weight is 367 g/mol. The molecule has 0 spiro atoms. The Morgan fingerprint density at radius 2 is 1.12 bits per heavy atom. The van der Waals surface area contributed by atoms with Crippen molar-refractivity contribution in [1.29, 1.82) is 0 Å². The van der Waals surface area contributed by atoms with E-state index in [4.69, 9.17) is 4.74 Å². The second-order valence-electron chi connectivity index (χ2n) is 10.9. The van der Waals surface area contributed by atoms with E-state index in [-0.39, 0.29) is 27.6 Å². The first-order chi connectivity index (χ1) is 11.7. The van der Waals surface area contributed by atoms with Gasteiger partial charge in [-0.1, -0.05) is 101 Å².